The molecule has 0 aliphatic rings. The standard InChI is InChI=1S/C25H42N2O4S/c1-17(2)10-8-11-19(5)12-9-13-20(6)14-15-32-16-22(25(30)31)27-24(29)23(18(3)4)26-21(7)28/h10,12,14,18,22-23H,8-9,11,13,15-16H2,1-7H3,(H,26,28)(H,27,29)(H,30,31)/b19-12+,20-14+/t22-,23?/m0/s1. The zero-order chi connectivity index (χ0) is 24.7. The van der Waals surface area contributed by atoms with Gasteiger partial charge >= 0.3 is 5.97 Å². The zero-order valence-electron chi connectivity index (χ0n) is 20.8. The first-order valence-corrected chi connectivity index (χ1v) is 12.4. The Kier molecular flexibility index (Phi) is 15.5. The minimum atomic E-state index is -1.08. The Morgan fingerprint density at radius 1 is 0.875 bits per heavy atom. The van der Waals surface area contributed by atoms with Crippen LogP contribution >= 0.6 is 11.8 Å². The van der Waals surface area contributed by atoms with Gasteiger partial charge in [-0.1, -0.05) is 48.8 Å². The van der Waals surface area contributed by atoms with Gasteiger partial charge in [0.25, 0.3) is 0 Å². The molecule has 182 valence electrons. The number of amides is 2. The molecule has 0 aliphatic carbocycles. The van der Waals surface area contributed by atoms with Gasteiger partial charge in [-0.2, -0.15) is 11.8 Å². The highest BCUT2D eigenvalue weighted by Gasteiger charge is 2.27. The molecule has 0 rings (SSSR count). The molecule has 0 aromatic heterocycles. The molecule has 0 heterocycles. The van der Waals surface area contributed by atoms with E-state index in [1.165, 1.54) is 35.4 Å². The van der Waals surface area contributed by atoms with Crippen molar-refractivity contribution in [2.24, 2.45) is 5.92 Å². The normalized spacial score (nSPS) is 14.0. The Hall–Kier alpha value is -2.02. The Morgan fingerprint density at radius 2 is 1.44 bits per heavy atom. The average Bonchev–Trinajstić information content (AvgIpc) is 2.67. The molecule has 3 N–H and O–H groups in total. The summed E-state index contributed by atoms with van der Waals surface area (Å²) in [5.41, 5.74) is 4.03. The number of carboxylic acids is 1. The van der Waals surface area contributed by atoms with Crippen LogP contribution in [0.4, 0.5) is 0 Å². The summed E-state index contributed by atoms with van der Waals surface area (Å²) < 4.78 is 0. The van der Waals surface area contributed by atoms with Crippen LogP contribution in [-0.4, -0.2) is 46.5 Å². The first-order valence-electron chi connectivity index (χ1n) is 11.3. The van der Waals surface area contributed by atoms with Gasteiger partial charge in [-0.05, 0) is 59.3 Å². The van der Waals surface area contributed by atoms with Crippen molar-refractivity contribution in [3.8, 4) is 0 Å². The Labute approximate surface area is 198 Å². The molecule has 0 fully saturated rings. The summed E-state index contributed by atoms with van der Waals surface area (Å²) in [6, 6.07) is -1.75. The predicted octanol–water partition coefficient (Wildman–Crippen LogP) is 4.87. The molecular formula is C25H42N2O4S. The van der Waals surface area contributed by atoms with Gasteiger partial charge in [0.1, 0.15) is 12.1 Å². The van der Waals surface area contributed by atoms with Crippen LogP contribution < -0.4 is 10.6 Å². The Morgan fingerprint density at radius 3 is 1.94 bits per heavy atom. The number of hydrogen-bond donors (Lipinski definition) is 3. The monoisotopic (exact) mass is 466 g/mol. The van der Waals surface area contributed by atoms with E-state index in [4.69, 9.17) is 0 Å². The number of nitrogens with one attached hydrogen (secondary N) is 2. The molecule has 6 nitrogen and oxygen atoms in total. The van der Waals surface area contributed by atoms with E-state index in [9.17, 15) is 19.5 Å². The lowest BCUT2D eigenvalue weighted by molar-refractivity contribution is -0.141. The van der Waals surface area contributed by atoms with Gasteiger partial charge in [0.15, 0.2) is 0 Å². The Balaban J connectivity index is 4.50. The quantitative estimate of drug-likeness (QED) is 0.236. The van der Waals surface area contributed by atoms with Crippen LogP contribution in [0, 0.1) is 5.92 Å². The van der Waals surface area contributed by atoms with Gasteiger partial charge < -0.3 is 15.7 Å². The van der Waals surface area contributed by atoms with Gasteiger partial charge in [0.05, 0.1) is 0 Å². The molecule has 0 saturated carbocycles. The third-order valence-electron chi connectivity index (χ3n) is 4.88. The molecule has 0 aromatic rings. The number of aliphatic carboxylic acids is 1. The van der Waals surface area contributed by atoms with E-state index in [-0.39, 0.29) is 17.6 Å². The number of carboxylic acid groups (broad SMARTS) is 1. The number of allylic oxidation sites excluding steroid dienone is 5. The molecule has 0 radical (unpaired) electrons. The molecule has 1 unspecified atom stereocenters. The number of hydrogen-bond acceptors (Lipinski definition) is 4. The lowest BCUT2D eigenvalue weighted by Crippen LogP contribution is -2.54. The molecule has 2 amide bonds. The highest BCUT2D eigenvalue weighted by molar-refractivity contribution is 7.99. The fourth-order valence-corrected chi connectivity index (χ4v) is 3.92. The minimum Gasteiger partial charge on any atom is -0.480 e. The van der Waals surface area contributed by atoms with E-state index in [0.29, 0.717) is 5.75 Å². The number of rotatable bonds is 15. The van der Waals surface area contributed by atoms with Crippen molar-refractivity contribution >= 4 is 29.5 Å². The van der Waals surface area contributed by atoms with Gasteiger partial charge in [-0.15, -0.1) is 0 Å². The van der Waals surface area contributed by atoms with Crippen LogP contribution in [0.2, 0.25) is 0 Å². The first-order chi connectivity index (χ1) is 14.9. The van der Waals surface area contributed by atoms with Crippen LogP contribution in [-0.2, 0) is 14.4 Å². The molecule has 32 heavy (non-hydrogen) atoms. The SMILES string of the molecule is CC(=O)NC(C(=O)N[C@@H](CSC/C=C(\C)CC/C=C(\C)CCC=C(C)C)C(=O)O)C(C)C. The third-order valence-corrected chi connectivity index (χ3v) is 5.85. The molecule has 0 aromatic carbocycles. The highest BCUT2D eigenvalue weighted by atomic mass is 32.2. The van der Waals surface area contributed by atoms with Gasteiger partial charge in [0.2, 0.25) is 11.8 Å². The fraction of sp³-hybridized carbons (Fsp3) is 0.640. The topological polar surface area (TPSA) is 95.5 Å². The second-order valence-electron chi connectivity index (χ2n) is 8.82. The summed E-state index contributed by atoms with van der Waals surface area (Å²) in [6.45, 7) is 13.4. The molecule has 0 saturated heterocycles. The van der Waals surface area contributed by atoms with E-state index in [0.717, 1.165) is 25.7 Å². The second-order valence-corrected chi connectivity index (χ2v) is 9.89. The maximum absolute atomic E-state index is 12.4. The summed E-state index contributed by atoms with van der Waals surface area (Å²) in [4.78, 5) is 35.3. The lowest BCUT2D eigenvalue weighted by atomic mass is 10.0. The summed E-state index contributed by atoms with van der Waals surface area (Å²) >= 11 is 1.47. The van der Waals surface area contributed by atoms with Crippen molar-refractivity contribution in [1.29, 1.82) is 0 Å². The van der Waals surface area contributed by atoms with Crippen LogP contribution in [0.25, 0.3) is 0 Å². The van der Waals surface area contributed by atoms with E-state index >= 15 is 0 Å². The number of carbonyl (C=O) groups is 3. The van der Waals surface area contributed by atoms with Crippen molar-refractivity contribution in [2.45, 2.75) is 86.2 Å². The highest BCUT2D eigenvalue weighted by Crippen LogP contribution is 2.13. The van der Waals surface area contributed by atoms with Crippen LogP contribution in [0.3, 0.4) is 0 Å². The maximum Gasteiger partial charge on any atom is 0.327 e. The van der Waals surface area contributed by atoms with Crippen molar-refractivity contribution in [3.63, 3.8) is 0 Å². The molecule has 2 atom stereocenters. The van der Waals surface area contributed by atoms with Gasteiger partial charge in [-0.25, -0.2) is 4.79 Å². The molecule has 7 heteroatoms. The maximum atomic E-state index is 12.4. The number of thioether (sulfide) groups is 1. The van der Waals surface area contributed by atoms with E-state index in [2.05, 4.69) is 56.6 Å². The summed E-state index contributed by atoms with van der Waals surface area (Å²) in [7, 11) is 0. The Bertz CT molecular complexity index is 707. The largest absolute Gasteiger partial charge is 0.480 e. The minimum absolute atomic E-state index is 0.142. The van der Waals surface area contributed by atoms with Gasteiger partial charge in [-0.3, -0.25) is 9.59 Å². The average molecular weight is 467 g/mol. The van der Waals surface area contributed by atoms with E-state index in [1.54, 1.807) is 13.8 Å². The summed E-state index contributed by atoms with van der Waals surface area (Å²) in [5, 5.41) is 14.6. The smallest absolute Gasteiger partial charge is 0.327 e. The summed E-state index contributed by atoms with van der Waals surface area (Å²) in [5.74, 6) is -1.06. The van der Waals surface area contributed by atoms with Gasteiger partial charge in [0, 0.05) is 18.4 Å². The van der Waals surface area contributed by atoms with E-state index < -0.39 is 24.0 Å². The van der Waals surface area contributed by atoms with E-state index in [1.807, 2.05) is 0 Å². The molecular weight excluding hydrogens is 424 g/mol. The van der Waals surface area contributed by atoms with Crippen molar-refractivity contribution in [1.82, 2.24) is 10.6 Å². The van der Waals surface area contributed by atoms with Crippen molar-refractivity contribution in [2.75, 3.05) is 11.5 Å². The first kappa shape index (κ1) is 30.0. The third kappa shape index (κ3) is 14.9. The molecule has 0 aliphatic heterocycles. The summed E-state index contributed by atoms with van der Waals surface area (Å²) in [6.07, 6.45) is 10.8. The second kappa shape index (κ2) is 16.6. The van der Waals surface area contributed by atoms with Crippen molar-refractivity contribution in [3.05, 3.63) is 34.9 Å². The zero-order valence-corrected chi connectivity index (χ0v) is 21.6. The predicted molar refractivity (Wildman–Crippen MR) is 135 cm³/mol. The van der Waals surface area contributed by atoms with Crippen molar-refractivity contribution < 1.29 is 19.5 Å². The fourth-order valence-electron chi connectivity index (χ4n) is 2.92. The molecule has 0 spiro atoms. The van der Waals surface area contributed by atoms with Crippen LogP contribution in [0.5, 0.6) is 0 Å². The lowest BCUT2D eigenvalue weighted by Gasteiger charge is -2.23. The number of carbonyl (C=O) groups excluding carboxylic acids is 2. The molecule has 0 bridgehead atoms. The van der Waals surface area contributed by atoms with Crippen LogP contribution in [0.1, 0.15) is 74.1 Å². The van der Waals surface area contributed by atoms with Crippen LogP contribution in [0.15, 0.2) is 34.9 Å².